The predicted octanol–water partition coefficient (Wildman–Crippen LogP) is 1.89. The van der Waals surface area contributed by atoms with Gasteiger partial charge in [-0.2, -0.15) is 0 Å². The molecule has 0 aliphatic carbocycles. The van der Waals surface area contributed by atoms with Gasteiger partial charge in [-0.15, -0.1) is 0 Å². The highest BCUT2D eigenvalue weighted by molar-refractivity contribution is 5.86. The van der Waals surface area contributed by atoms with Crippen molar-refractivity contribution >= 4 is 22.8 Å². The number of fused-ring (bicyclic) bond motifs is 1. The van der Waals surface area contributed by atoms with Crippen LogP contribution in [0.25, 0.3) is 10.9 Å². The van der Waals surface area contributed by atoms with Gasteiger partial charge < -0.3 is 15.4 Å². The number of H-pyrrole nitrogens is 1. The van der Waals surface area contributed by atoms with Crippen LogP contribution in [0.2, 0.25) is 0 Å². The van der Waals surface area contributed by atoms with Crippen molar-refractivity contribution in [1.82, 2.24) is 14.9 Å². The van der Waals surface area contributed by atoms with Crippen molar-refractivity contribution in [2.24, 2.45) is 11.8 Å². The van der Waals surface area contributed by atoms with E-state index >= 15 is 0 Å². The standard InChI is InChI=1S/C20H27N3O5/c1-5-11(3)15(19(26)27)22-17(24)16(12(4)6-2)23-18(25)13-9-7-8-10-14(13)21-20(23)28/h7-12,15-16H,5-6H2,1-4H3,(H,21,28)(H,22,24)(H,26,27). The Balaban J connectivity index is 2.57. The third kappa shape index (κ3) is 4.16. The summed E-state index contributed by atoms with van der Waals surface area (Å²) in [7, 11) is 0. The zero-order valence-electron chi connectivity index (χ0n) is 16.6. The molecule has 4 unspecified atom stereocenters. The summed E-state index contributed by atoms with van der Waals surface area (Å²) >= 11 is 0. The number of hydrogen-bond acceptors (Lipinski definition) is 4. The number of aromatic amines is 1. The van der Waals surface area contributed by atoms with E-state index in [1.807, 2.05) is 13.8 Å². The molecule has 1 amide bonds. The average Bonchev–Trinajstić information content (AvgIpc) is 2.67. The van der Waals surface area contributed by atoms with Crippen molar-refractivity contribution in [3.05, 3.63) is 45.1 Å². The summed E-state index contributed by atoms with van der Waals surface area (Å²) in [4.78, 5) is 52.9. The fraction of sp³-hybridized carbons (Fsp3) is 0.500. The van der Waals surface area contributed by atoms with Gasteiger partial charge >= 0.3 is 11.7 Å². The minimum Gasteiger partial charge on any atom is -0.480 e. The number of carboxylic acids is 1. The van der Waals surface area contributed by atoms with Crippen LogP contribution in [0.5, 0.6) is 0 Å². The molecule has 0 radical (unpaired) electrons. The van der Waals surface area contributed by atoms with Crippen molar-refractivity contribution in [2.75, 3.05) is 0 Å². The summed E-state index contributed by atoms with van der Waals surface area (Å²) in [6.07, 6.45) is 1.08. The minimum atomic E-state index is -1.15. The minimum absolute atomic E-state index is 0.292. The first-order valence-corrected chi connectivity index (χ1v) is 9.49. The lowest BCUT2D eigenvalue weighted by Crippen LogP contribution is -2.52. The number of amides is 1. The van der Waals surface area contributed by atoms with Crippen molar-refractivity contribution < 1.29 is 14.7 Å². The van der Waals surface area contributed by atoms with E-state index in [2.05, 4.69) is 10.3 Å². The van der Waals surface area contributed by atoms with Gasteiger partial charge in [-0.05, 0) is 24.0 Å². The highest BCUT2D eigenvalue weighted by atomic mass is 16.4. The number of carboxylic acid groups (broad SMARTS) is 1. The molecular weight excluding hydrogens is 362 g/mol. The van der Waals surface area contributed by atoms with Gasteiger partial charge in [-0.3, -0.25) is 9.59 Å². The van der Waals surface area contributed by atoms with Gasteiger partial charge in [-0.1, -0.05) is 52.7 Å². The zero-order valence-corrected chi connectivity index (χ0v) is 16.6. The van der Waals surface area contributed by atoms with Gasteiger partial charge in [0.25, 0.3) is 5.56 Å². The van der Waals surface area contributed by atoms with Crippen molar-refractivity contribution in [2.45, 2.75) is 52.6 Å². The maximum atomic E-state index is 13.0. The number of rotatable bonds is 8. The van der Waals surface area contributed by atoms with Crippen LogP contribution < -0.4 is 16.6 Å². The Morgan fingerprint density at radius 2 is 1.71 bits per heavy atom. The summed E-state index contributed by atoms with van der Waals surface area (Å²) in [6, 6.07) is 4.36. The van der Waals surface area contributed by atoms with Crippen LogP contribution in [0.3, 0.4) is 0 Å². The van der Waals surface area contributed by atoms with Crippen LogP contribution in [0.1, 0.15) is 46.6 Å². The maximum Gasteiger partial charge on any atom is 0.329 e. The quantitative estimate of drug-likeness (QED) is 0.637. The Labute approximate surface area is 162 Å². The number of carbonyl (C=O) groups is 2. The zero-order chi connectivity index (χ0) is 21.0. The Bertz CT molecular complexity index is 978. The Hall–Kier alpha value is -2.90. The molecule has 0 bridgehead atoms. The molecule has 0 saturated heterocycles. The molecule has 2 rings (SSSR count). The first-order chi connectivity index (χ1) is 13.2. The highest BCUT2D eigenvalue weighted by Gasteiger charge is 2.33. The fourth-order valence-electron chi connectivity index (χ4n) is 3.20. The van der Waals surface area contributed by atoms with Crippen LogP contribution in [0, 0.1) is 11.8 Å². The molecule has 0 saturated carbocycles. The topological polar surface area (TPSA) is 121 Å². The molecule has 28 heavy (non-hydrogen) atoms. The molecular formula is C20H27N3O5. The summed E-state index contributed by atoms with van der Waals surface area (Å²) in [5.74, 6) is -2.45. The molecule has 2 aromatic rings. The number of para-hydroxylation sites is 1. The smallest absolute Gasteiger partial charge is 0.329 e. The predicted molar refractivity (Wildman–Crippen MR) is 106 cm³/mol. The average molecular weight is 389 g/mol. The molecule has 3 N–H and O–H groups in total. The number of hydrogen-bond donors (Lipinski definition) is 3. The number of aliphatic carboxylic acids is 1. The van der Waals surface area contributed by atoms with Crippen LogP contribution in [-0.4, -0.2) is 32.6 Å². The first-order valence-electron chi connectivity index (χ1n) is 9.49. The third-order valence-electron chi connectivity index (χ3n) is 5.34. The van der Waals surface area contributed by atoms with E-state index in [0.29, 0.717) is 23.7 Å². The molecule has 8 nitrogen and oxygen atoms in total. The molecule has 4 atom stereocenters. The van der Waals surface area contributed by atoms with Crippen LogP contribution in [0.4, 0.5) is 0 Å². The van der Waals surface area contributed by atoms with Gasteiger partial charge in [0.05, 0.1) is 10.9 Å². The largest absolute Gasteiger partial charge is 0.480 e. The lowest BCUT2D eigenvalue weighted by molar-refractivity contribution is -0.144. The second kappa shape index (κ2) is 8.86. The SMILES string of the molecule is CCC(C)C(NC(=O)C(C(C)CC)n1c(=O)[nH]c2ccccc2c1=O)C(=O)O. The van der Waals surface area contributed by atoms with E-state index in [9.17, 15) is 24.3 Å². The number of aromatic nitrogens is 2. The molecule has 1 aromatic heterocycles. The van der Waals surface area contributed by atoms with Gasteiger partial charge in [0.15, 0.2) is 0 Å². The summed E-state index contributed by atoms with van der Waals surface area (Å²) in [5.41, 5.74) is -0.880. The van der Waals surface area contributed by atoms with Crippen molar-refractivity contribution in [3.63, 3.8) is 0 Å². The second-order valence-electron chi connectivity index (χ2n) is 7.19. The normalized spacial score (nSPS) is 15.6. The van der Waals surface area contributed by atoms with Gasteiger partial charge in [0.1, 0.15) is 12.1 Å². The maximum absolute atomic E-state index is 13.0. The molecule has 0 aliphatic heterocycles. The number of nitrogens with one attached hydrogen (secondary N) is 2. The van der Waals surface area contributed by atoms with Crippen LogP contribution in [-0.2, 0) is 9.59 Å². The number of carbonyl (C=O) groups excluding carboxylic acids is 1. The summed E-state index contributed by atoms with van der Waals surface area (Å²) < 4.78 is 0.904. The Morgan fingerprint density at radius 1 is 1.11 bits per heavy atom. The first kappa shape index (κ1) is 21.4. The van der Waals surface area contributed by atoms with Crippen LogP contribution in [0.15, 0.2) is 33.9 Å². The second-order valence-corrected chi connectivity index (χ2v) is 7.19. The van der Waals surface area contributed by atoms with Gasteiger partial charge in [0, 0.05) is 0 Å². The molecule has 1 aromatic carbocycles. The van der Waals surface area contributed by atoms with E-state index in [1.54, 1.807) is 38.1 Å². The van der Waals surface area contributed by atoms with Gasteiger partial charge in [0.2, 0.25) is 5.91 Å². The lowest BCUT2D eigenvalue weighted by atomic mass is 9.95. The van der Waals surface area contributed by atoms with E-state index in [4.69, 9.17) is 0 Å². The van der Waals surface area contributed by atoms with Crippen molar-refractivity contribution in [1.29, 1.82) is 0 Å². The van der Waals surface area contributed by atoms with Crippen molar-refractivity contribution in [3.8, 4) is 0 Å². The molecule has 0 aliphatic rings. The lowest BCUT2D eigenvalue weighted by Gasteiger charge is -2.27. The summed E-state index contributed by atoms with van der Waals surface area (Å²) in [5, 5.41) is 12.3. The van der Waals surface area contributed by atoms with E-state index in [1.165, 1.54) is 0 Å². The van der Waals surface area contributed by atoms with E-state index in [0.717, 1.165) is 4.57 Å². The Morgan fingerprint density at radius 3 is 2.29 bits per heavy atom. The fourth-order valence-corrected chi connectivity index (χ4v) is 3.20. The molecule has 152 valence electrons. The highest BCUT2D eigenvalue weighted by Crippen LogP contribution is 2.20. The monoisotopic (exact) mass is 389 g/mol. The molecule has 0 spiro atoms. The van der Waals surface area contributed by atoms with E-state index < -0.39 is 35.2 Å². The van der Waals surface area contributed by atoms with Gasteiger partial charge in [-0.25, -0.2) is 14.2 Å². The van der Waals surface area contributed by atoms with E-state index in [-0.39, 0.29) is 11.8 Å². The van der Waals surface area contributed by atoms with Crippen LogP contribution >= 0.6 is 0 Å². The molecule has 0 fully saturated rings. The molecule has 1 heterocycles. The molecule has 8 heteroatoms. The summed E-state index contributed by atoms with van der Waals surface area (Å²) in [6.45, 7) is 7.16. The third-order valence-corrected chi connectivity index (χ3v) is 5.34. The number of nitrogens with zero attached hydrogens (tertiary/aromatic N) is 1. The Kier molecular flexibility index (Phi) is 6.77. The number of benzene rings is 1.